The summed E-state index contributed by atoms with van der Waals surface area (Å²) in [6, 6.07) is 0.297. The van der Waals surface area contributed by atoms with Crippen LogP contribution in [-0.2, 0) is 9.53 Å². The van der Waals surface area contributed by atoms with Crippen LogP contribution < -0.4 is 16.4 Å². The van der Waals surface area contributed by atoms with Gasteiger partial charge in [0.2, 0.25) is 0 Å². The second kappa shape index (κ2) is 16.3. The summed E-state index contributed by atoms with van der Waals surface area (Å²) >= 11 is 0. The number of nitrogens with zero attached hydrogens (tertiary/aromatic N) is 1. The Kier molecular flexibility index (Phi) is 13.8. The van der Waals surface area contributed by atoms with Crippen molar-refractivity contribution in [2.45, 2.75) is 53.0 Å². The van der Waals surface area contributed by atoms with Crippen molar-refractivity contribution in [2.24, 2.45) is 10.7 Å². The number of amidine groups is 1. The van der Waals surface area contributed by atoms with Gasteiger partial charge in [-0.2, -0.15) is 0 Å². The van der Waals surface area contributed by atoms with E-state index in [2.05, 4.69) is 67.8 Å². The number of ether oxygens (including phenoxy) is 1. The van der Waals surface area contributed by atoms with Crippen LogP contribution in [0.3, 0.4) is 0 Å². The number of nitrogens with two attached hydrogens (primary N) is 1. The molecule has 0 bridgehead atoms. The number of likely N-dealkylation sites (N-methyl/N-ethyl adjacent to an activating group) is 1. The number of hydrogen-bond acceptors (Lipinski definition) is 5. The zero-order chi connectivity index (χ0) is 26.2. The van der Waals surface area contributed by atoms with Gasteiger partial charge in [0.15, 0.2) is 6.29 Å². The predicted octanol–water partition coefficient (Wildman–Crippen LogP) is 5.17. The third-order valence-electron chi connectivity index (χ3n) is 5.43. The molecule has 6 heteroatoms. The van der Waals surface area contributed by atoms with E-state index in [9.17, 15) is 4.79 Å². The molecule has 1 rings (SSSR count). The maximum absolute atomic E-state index is 12.2. The monoisotopic (exact) mass is 478 g/mol. The van der Waals surface area contributed by atoms with Crippen molar-refractivity contribution in [3.8, 4) is 0 Å². The number of hydrogen-bond donors (Lipinski definition) is 3. The van der Waals surface area contributed by atoms with Crippen molar-refractivity contribution in [1.82, 2.24) is 10.6 Å². The van der Waals surface area contributed by atoms with Crippen LogP contribution in [0.4, 0.5) is 0 Å². The van der Waals surface area contributed by atoms with E-state index in [1.54, 1.807) is 26.2 Å². The lowest BCUT2D eigenvalue weighted by atomic mass is 9.93. The first-order valence-corrected chi connectivity index (χ1v) is 12.1. The minimum Gasteiger partial charge on any atom is -0.388 e. The van der Waals surface area contributed by atoms with Crippen molar-refractivity contribution in [3.05, 3.63) is 95.1 Å². The molecule has 6 nitrogen and oxygen atoms in total. The number of unbranched alkanes of at least 4 members (excludes halogenated alkanes) is 1. The van der Waals surface area contributed by atoms with Crippen molar-refractivity contribution in [2.75, 3.05) is 20.3 Å². The standard InChI is InChI=1S/C29H42N4O2/c1-8-11-12-14-21(4)26(10-3)24(13-9-2)17-27(22(5)31-7)28(18-34)23(6)33-29(30)15-16-32-25-19-35-20-25/h10,12-18,25,31-32H,3,5,8-9,11,19-20H2,1-2,4,6-7H3,(H2,30,33)/b14-12-,16-15-,24-13-,26-21+,27-17+,28-23+. The van der Waals surface area contributed by atoms with Gasteiger partial charge in [0.1, 0.15) is 5.84 Å². The fourth-order valence-electron chi connectivity index (χ4n) is 3.34. The Morgan fingerprint density at radius 3 is 2.43 bits per heavy atom. The van der Waals surface area contributed by atoms with Gasteiger partial charge in [-0.3, -0.25) is 4.79 Å². The van der Waals surface area contributed by atoms with Gasteiger partial charge in [0.25, 0.3) is 0 Å². The lowest BCUT2D eigenvalue weighted by Crippen LogP contribution is -2.43. The lowest BCUT2D eigenvalue weighted by Gasteiger charge is -2.25. The minimum absolute atomic E-state index is 0.289. The second-order valence-corrected chi connectivity index (χ2v) is 8.23. The molecule has 0 radical (unpaired) electrons. The smallest absolute Gasteiger partial charge is 0.152 e. The van der Waals surface area contributed by atoms with Crippen LogP contribution in [0.2, 0.25) is 0 Å². The number of carbonyl (C=O) groups is 1. The van der Waals surface area contributed by atoms with Crippen LogP contribution in [0.15, 0.2) is 100 Å². The van der Waals surface area contributed by atoms with Gasteiger partial charge < -0.3 is 21.1 Å². The number of nitrogens with one attached hydrogen (secondary N) is 2. The molecule has 1 aliphatic rings. The molecule has 0 saturated carbocycles. The first kappa shape index (κ1) is 29.7. The molecule has 190 valence electrons. The molecule has 0 amide bonds. The molecule has 0 spiro atoms. The maximum atomic E-state index is 12.2. The van der Waals surface area contributed by atoms with E-state index < -0.39 is 0 Å². The summed E-state index contributed by atoms with van der Waals surface area (Å²) in [6.07, 6.45) is 17.4. The minimum atomic E-state index is 0.289. The van der Waals surface area contributed by atoms with E-state index in [0.717, 1.165) is 42.3 Å². The summed E-state index contributed by atoms with van der Waals surface area (Å²) < 4.78 is 5.13. The summed E-state index contributed by atoms with van der Waals surface area (Å²) in [4.78, 5) is 16.7. The molecule has 4 N–H and O–H groups in total. The average Bonchev–Trinajstić information content (AvgIpc) is 2.80. The largest absolute Gasteiger partial charge is 0.388 e. The highest BCUT2D eigenvalue weighted by molar-refractivity contribution is 5.93. The molecule has 0 aromatic heterocycles. The highest BCUT2D eigenvalue weighted by Gasteiger charge is 2.16. The topological polar surface area (TPSA) is 88.7 Å². The van der Waals surface area contributed by atoms with Crippen molar-refractivity contribution in [3.63, 3.8) is 0 Å². The number of allylic oxidation sites excluding steroid dienone is 10. The van der Waals surface area contributed by atoms with E-state index >= 15 is 0 Å². The summed E-state index contributed by atoms with van der Waals surface area (Å²) in [5, 5.41) is 6.26. The molecule has 1 fully saturated rings. The van der Waals surface area contributed by atoms with Crippen LogP contribution in [0.1, 0.15) is 47.0 Å². The Morgan fingerprint density at radius 1 is 1.20 bits per heavy atom. The number of aldehydes is 1. The Hall–Kier alpha value is -3.38. The van der Waals surface area contributed by atoms with Gasteiger partial charge in [-0.05, 0) is 55.6 Å². The van der Waals surface area contributed by atoms with Gasteiger partial charge >= 0.3 is 0 Å². The Bertz CT molecular complexity index is 971. The van der Waals surface area contributed by atoms with E-state index in [1.165, 1.54) is 0 Å². The van der Waals surface area contributed by atoms with Crippen LogP contribution >= 0.6 is 0 Å². The van der Waals surface area contributed by atoms with Crippen LogP contribution in [-0.4, -0.2) is 38.4 Å². The Balaban J connectivity index is 3.50. The number of rotatable bonds is 15. The van der Waals surface area contributed by atoms with Crippen LogP contribution in [0.5, 0.6) is 0 Å². The Labute approximate surface area is 211 Å². The number of aliphatic imine (C=N–C) groups is 1. The molecule has 0 aliphatic carbocycles. The molecule has 1 saturated heterocycles. The van der Waals surface area contributed by atoms with Crippen molar-refractivity contribution in [1.29, 1.82) is 0 Å². The fourth-order valence-corrected chi connectivity index (χ4v) is 3.34. The molecule has 1 aliphatic heterocycles. The van der Waals surface area contributed by atoms with Crippen molar-refractivity contribution < 1.29 is 9.53 Å². The normalized spacial score (nSPS) is 17.1. The van der Waals surface area contributed by atoms with E-state index in [0.29, 0.717) is 41.8 Å². The molecule has 0 atom stereocenters. The Morgan fingerprint density at radius 2 is 1.91 bits per heavy atom. The highest BCUT2D eigenvalue weighted by Crippen LogP contribution is 2.26. The summed E-state index contributed by atoms with van der Waals surface area (Å²) in [5.74, 6) is 0.289. The summed E-state index contributed by atoms with van der Waals surface area (Å²) in [7, 11) is 1.77. The SMILES string of the molecule is C=CC(/C(/C=C(C(=C)NC)/C(C=O)=C(C)/N=C(N)\C=C/NC1COC1)=C\CC)=C(C)\C=C/CCC. The zero-order valence-electron chi connectivity index (χ0n) is 22.0. The molecule has 0 aromatic carbocycles. The summed E-state index contributed by atoms with van der Waals surface area (Å²) in [6.45, 7) is 17.6. The molecular formula is C29H42N4O2. The van der Waals surface area contributed by atoms with Gasteiger partial charge in [-0.25, -0.2) is 4.99 Å². The predicted molar refractivity (Wildman–Crippen MR) is 149 cm³/mol. The number of carbonyl (C=O) groups excluding carboxylic acids is 1. The van der Waals surface area contributed by atoms with Crippen LogP contribution in [0, 0.1) is 0 Å². The quantitative estimate of drug-likeness (QED) is 0.0993. The molecule has 35 heavy (non-hydrogen) atoms. The van der Waals surface area contributed by atoms with Gasteiger partial charge in [0.05, 0.1) is 25.0 Å². The molecule has 1 heterocycles. The second-order valence-electron chi connectivity index (χ2n) is 8.23. The zero-order valence-corrected chi connectivity index (χ0v) is 22.0. The molecular weight excluding hydrogens is 436 g/mol. The first-order chi connectivity index (χ1) is 16.8. The van der Waals surface area contributed by atoms with Crippen molar-refractivity contribution >= 4 is 12.1 Å². The third-order valence-corrected chi connectivity index (χ3v) is 5.43. The summed E-state index contributed by atoms with van der Waals surface area (Å²) in [5.41, 5.74) is 11.3. The van der Waals surface area contributed by atoms with Crippen LogP contribution in [0.25, 0.3) is 0 Å². The fraction of sp³-hybridized carbons (Fsp3) is 0.379. The van der Waals surface area contributed by atoms with E-state index in [4.69, 9.17) is 10.5 Å². The van der Waals surface area contributed by atoms with E-state index in [1.807, 2.05) is 12.2 Å². The van der Waals surface area contributed by atoms with E-state index in [-0.39, 0.29) is 5.84 Å². The average molecular weight is 479 g/mol. The lowest BCUT2D eigenvalue weighted by molar-refractivity contribution is -0.104. The maximum Gasteiger partial charge on any atom is 0.152 e. The molecule has 0 unspecified atom stereocenters. The molecule has 0 aromatic rings. The highest BCUT2D eigenvalue weighted by atomic mass is 16.5. The van der Waals surface area contributed by atoms with Gasteiger partial charge in [-0.15, -0.1) is 0 Å². The first-order valence-electron chi connectivity index (χ1n) is 12.1. The van der Waals surface area contributed by atoms with Gasteiger partial charge in [-0.1, -0.05) is 57.7 Å². The third kappa shape index (κ3) is 9.79. The van der Waals surface area contributed by atoms with Gasteiger partial charge in [0, 0.05) is 30.1 Å².